The first-order chi connectivity index (χ1) is 7.08. The fourth-order valence-corrected chi connectivity index (χ4v) is 2.29. The van der Waals surface area contributed by atoms with Gasteiger partial charge in [-0.1, -0.05) is 0 Å². The van der Waals surface area contributed by atoms with Crippen LogP contribution < -0.4 is 5.73 Å². The van der Waals surface area contributed by atoms with Gasteiger partial charge in [0.15, 0.2) is 0 Å². The summed E-state index contributed by atoms with van der Waals surface area (Å²) in [6.45, 7) is 1.03. The number of anilines is 1. The number of carbonyl (C=O) groups is 1. The van der Waals surface area contributed by atoms with Crippen molar-refractivity contribution in [3.63, 3.8) is 0 Å². The van der Waals surface area contributed by atoms with E-state index in [9.17, 15) is 4.79 Å². The third-order valence-electron chi connectivity index (χ3n) is 2.60. The van der Waals surface area contributed by atoms with Gasteiger partial charge < -0.3 is 15.7 Å². The Morgan fingerprint density at radius 3 is 2.87 bits per heavy atom. The topological polar surface area (TPSA) is 66.6 Å². The third kappa shape index (κ3) is 2.01. The van der Waals surface area contributed by atoms with Gasteiger partial charge in [0, 0.05) is 22.3 Å². The van der Waals surface area contributed by atoms with Crippen LogP contribution in [0.5, 0.6) is 0 Å². The molecule has 1 amide bonds. The molecule has 5 heteroatoms. The zero-order valence-electron chi connectivity index (χ0n) is 8.03. The number of nitrogen functional groups attached to an aromatic ring is 1. The summed E-state index contributed by atoms with van der Waals surface area (Å²) in [4.78, 5) is 12.2. The minimum Gasteiger partial charge on any atom is -0.465 e. The Kier molecular flexibility index (Phi) is 2.72. The molecule has 80 valence electrons. The van der Waals surface area contributed by atoms with Crippen LogP contribution >= 0.6 is 22.6 Å². The number of halogens is 1. The lowest BCUT2D eigenvalue weighted by Crippen LogP contribution is -2.34. The number of benzene rings is 1. The Balaban J connectivity index is 2.34. The minimum absolute atomic E-state index is 0.473. The molecule has 0 saturated heterocycles. The molecule has 0 spiro atoms. The van der Waals surface area contributed by atoms with E-state index in [0.717, 1.165) is 21.2 Å². The van der Waals surface area contributed by atoms with Crippen LogP contribution in [-0.2, 0) is 13.0 Å². The first-order valence-corrected chi connectivity index (χ1v) is 5.70. The fourth-order valence-electron chi connectivity index (χ4n) is 1.76. The van der Waals surface area contributed by atoms with E-state index in [2.05, 4.69) is 22.6 Å². The number of amides is 1. The summed E-state index contributed by atoms with van der Waals surface area (Å²) in [6.07, 6.45) is -0.101. The van der Waals surface area contributed by atoms with Gasteiger partial charge in [0.2, 0.25) is 0 Å². The second kappa shape index (κ2) is 3.88. The summed E-state index contributed by atoms with van der Waals surface area (Å²) >= 11 is 2.16. The van der Waals surface area contributed by atoms with Crippen LogP contribution in [0, 0.1) is 3.57 Å². The molecule has 1 aromatic rings. The van der Waals surface area contributed by atoms with E-state index in [1.165, 1.54) is 10.5 Å². The summed E-state index contributed by atoms with van der Waals surface area (Å²) in [7, 11) is 0. The van der Waals surface area contributed by atoms with Crippen LogP contribution in [0.3, 0.4) is 0 Å². The molecule has 0 unspecified atom stereocenters. The molecule has 0 atom stereocenters. The molecule has 0 radical (unpaired) electrons. The van der Waals surface area contributed by atoms with Crippen LogP contribution in [0.2, 0.25) is 0 Å². The summed E-state index contributed by atoms with van der Waals surface area (Å²) in [5.41, 5.74) is 8.82. The van der Waals surface area contributed by atoms with Crippen LogP contribution in [0.25, 0.3) is 0 Å². The quantitative estimate of drug-likeness (QED) is 0.567. The molecule has 15 heavy (non-hydrogen) atoms. The lowest BCUT2D eigenvalue weighted by atomic mass is 9.99. The minimum atomic E-state index is -0.854. The molecule has 4 nitrogen and oxygen atoms in total. The largest absolute Gasteiger partial charge is 0.465 e. The number of nitrogens with two attached hydrogens (primary N) is 1. The molecule has 0 aromatic heterocycles. The molecule has 1 heterocycles. The Morgan fingerprint density at radius 1 is 1.47 bits per heavy atom. The Morgan fingerprint density at radius 2 is 2.20 bits per heavy atom. The maximum absolute atomic E-state index is 10.8. The summed E-state index contributed by atoms with van der Waals surface area (Å²) in [5.74, 6) is 0. The van der Waals surface area contributed by atoms with E-state index in [-0.39, 0.29) is 0 Å². The number of fused-ring (bicyclic) bond motifs is 1. The Hall–Kier alpha value is -0.980. The number of hydrogen-bond acceptors (Lipinski definition) is 2. The van der Waals surface area contributed by atoms with Crippen molar-refractivity contribution in [2.75, 3.05) is 12.3 Å². The van der Waals surface area contributed by atoms with Gasteiger partial charge in [0.1, 0.15) is 0 Å². The van der Waals surface area contributed by atoms with Crippen molar-refractivity contribution in [3.8, 4) is 0 Å². The van der Waals surface area contributed by atoms with Crippen molar-refractivity contribution < 1.29 is 9.90 Å². The van der Waals surface area contributed by atoms with Gasteiger partial charge in [-0.25, -0.2) is 4.79 Å². The van der Waals surface area contributed by atoms with Crippen molar-refractivity contribution in [3.05, 3.63) is 26.8 Å². The van der Waals surface area contributed by atoms with Crippen LogP contribution in [0.15, 0.2) is 12.1 Å². The van der Waals surface area contributed by atoms with Gasteiger partial charge in [-0.15, -0.1) is 0 Å². The van der Waals surface area contributed by atoms with Gasteiger partial charge >= 0.3 is 6.09 Å². The highest BCUT2D eigenvalue weighted by Crippen LogP contribution is 2.25. The van der Waals surface area contributed by atoms with E-state index < -0.39 is 6.09 Å². The van der Waals surface area contributed by atoms with Crippen molar-refractivity contribution in [2.45, 2.75) is 13.0 Å². The van der Waals surface area contributed by atoms with E-state index in [1.54, 1.807) is 0 Å². The van der Waals surface area contributed by atoms with E-state index in [4.69, 9.17) is 10.8 Å². The van der Waals surface area contributed by atoms with Gasteiger partial charge in [-0.2, -0.15) is 0 Å². The Bertz CT molecular complexity index is 420. The highest BCUT2D eigenvalue weighted by molar-refractivity contribution is 14.1. The van der Waals surface area contributed by atoms with Crippen LogP contribution in [-0.4, -0.2) is 22.6 Å². The smallest absolute Gasteiger partial charge is 0.407 e. The van der Waals surface area contributed by atoms with Crippen LogP contribution in [0.4, 0.5) is 10.5 Å². The predicted molar refractivity (Wildman–Crippen MR) is 65.7 cm³/mol. The SMILES string of the molecule is Nc1cc2c(cc1I)CN(C(=O)O)CC2. The maximum atomic E-state index is 10.8. The standard InChI is InChI=1S/C10H11IN2O2/c11-8-3-7-5-13(10(14)15)2-1-6(7)4-9(8)12/h3-4H,1-2,5,12H2,(H,14,15). The average molecular weight is 318 g/mol. The normalized spacial score (nSPS) is 14.9. The molecule has 2 rings (SSSR count). The molecular formula is C10H11IN2O2. The summed E-state index contributed by atoms with van der Waals surface area (Å²) in [5, 5.41) is 8.89. The molecule has 1 aromatic carbocycles. The van der Waals surface area contributed by atoms with Gasteiger partial charge in [-0.3, -0.25) is 0 Å². The molecule has 0 fully saturated rings. The number of nitrogens with zero attached hydrogens (tertiary/aromatic N) is 1. The zero-order valence-corrected chi connectivity index (χ0v) is 10.2. The van der Waals surface area contributed by atoms with E-state index in [0.29, 0.717) is 13.1 Å². The highest BCUT2D eigenvalue weighted by atomic mass is 127. The van der Waals surface area contributed by atoms with Crippen molar-refractivity contribution in [2.24, 2.45) is 0 Å². The summed E-state index contributed by atoms with van der Waals surface area (Å²) < 4.78 is 0.985. The van der Waals surface area contributed by atoms with E-state index >= 15 is 0 Å². The van der Waals surface area contributed by atoms with E-state index in [1.807, 2.05) is 12.1 Å². The number of hydrogen-bond donors (Lipinski definition) is 2. The molecule has 0 bridgehead atoms. The zero-order chi connectivity index (χ0) is 11.0. The highest BCUT2D eigenvalue weighted by Gasteiger charge is 2.20. The average Bonchev–Trinajstić information content (AvgIpc) is 2.19. The second-order valence-corrected chi connectivity index (χ2v) is 4.76. The van der Waals surface area contributed by atoms with Gasteiger partial charge in [0.05, 0.1) is 0 Å². The maximum Gasteiger partial charge on any atom is 0.407 e. The first-order valence-electron chi connectivity index (χ1n) is 4.62. The molecule has 0 saturated carbocycles. The van der Waals surface area contributed by atoms with Crippen molar-refractivity contribution in [1.29, 1.82) is 0 Å². The third-order valence-corrected chi connectivity index (χ3v) is 3.54. The van der Waals surface area contributed by atoms with Gasteiger partial charge in [0.25, 0.3) is 0 Å². The fraction of sp³-hybridized carbons (Fsp3) is 0.300. The molecule has 1 aliphatic heterocycles. The summed E-state index contributed by atoms with van der Waals surface area (Å²) in [6, 6.07) is 3.93. The van der Waals surface area contributed by atoms with Crippen LogP contribution in [0.1, 0.15) is 11.1 Å². The molecule has 3 N–H and O–H groups in total. The monoisotopic (exact) mass is 318 g/mol. The lowest BCUT2D eigenvalue weighted by Gasteiger charge is -2.26. The van der Waals surface area contributed by atoms with Crippen molar-refractivity contribution >= 4 is 34.4 Å². The van der Waals surface area contributed by atoms with Gasteiger partial charge in [-0.05, 0) is 52.3 Å². The molecule has 1 aliphatic rings. The first kappa shape index (κ1) is 10.5. The molecular weight excluding hydrogens is 307 g/mol. The van der Waals surface area contributed by atoms with Crippen molar-refractivity contribution in [1.82, 2.24) is 4.90 Å². The molecule has 0 aliphatic carbocycles. The second-order valence-electron chi connectivity index (χ2n) is 3.60. The predicted octanol–water partition coefficient (Wildman–Crippen LogP) is 1.91. The lowest BCUT2D eigenvalue weighted by molar-refractivity contribution is 0.140. The Labute approximate surface area is 101 Å². The number of carboxylic acid groups (broad SMARTS) is 1. The number of rotatable bonds is 0.